The van der Waals surface area contributed by atoms with E-state index in [0.29, 0.717) is 6.54 Å². The minimum Gasteiger partial charge on any atom is -0.340 e. The Labute approximate surface area is 155 Å². The van der Waals surface area contributed by atoms with Crippen molar-refractivity contribution in [2.24, 2.45) is 0 Å². The van der Waals surface area contributed by atoms with Gasteiger partial charge >= 0.3 is 0 Å². The molecule has 0 unspecified atom stereocenters. The van der Waals surface area contributed by atoms with Gasteiger partial charge in [-0.05, 0) is 24.1 Å². The molecule has 1 amide bonds. The molecule has 2 aromatic carbocycles. The summed E-state index contributed by atoms with van der Waals surface area (Å²) in [6.45, 7) is 2.23. The van der Waals surface area contributed by atoms with E-state index in [-0.39, 0.29) is 12.5 Å². The third kappa shape index (κ3) is 5.82. The molecule has 0 atom stereocenters. The molecule has 0 heterocycles. The first-order valence-electron chi connectivity index (χ1n) is 8.27. The highest BCUT2D eigenvalue weighted by molar-refractivity contribution is 7.92. The topological polar surface area (TPSA) is 57.7 Å². The van der Waals surface area contributed by atoms with E-state index in [1.165, 1.54) is 18.0 Å². The molecule has 0 bridgehead atoms. The number of hydrogen-bond donors (Lipinski definition) is 0. The fraction of sp³-hybridized carbons (Fsp3) is 0.250. The van der Waals surface area contributed by atoms with Crippen LogP contribution >= 0.6 is 0 Å². The number of hydrogen-bond acceptors (Lipinski definition) is 3. The van der Waals surface area contributed by atoms with Gasteiger partial charge in [-0.15, -0.1) is 0 Å². The summed E-state index contributed by atoms with van der Waals surface area (Å²) in [5.74, 6) is -0.259. The molecule has 0 radical (unpaired) electrons. The van der Waals surface area contributed by atoms with Crippen LogP contribution in [-0.2, 0) is 21.4 Å². The lowest BCUT2D eigenvalue weighted by molar-refractivity contribution is -0.130. The summed E-state index contributed by atoms with van der Waals surface area (Å²) in [5, 5.41) is 1.12. The van der Waals surface area contributed by atoms with Gasteiger partial charge in [0.2, 0.25) is 15.9 Å². The van der Waals surface area contributed by atoms with Gasteiger partial charge in [-0.3, -0.25) is 4.79 Å². The van der Waals surface area contributed by atoms with Crippen LogP contribution in [0.5, 0.6) is 0 Å². The summed E-state index contributed by atoms with van der Waals surface area (Å²) in [5.41, 5.74) is 2.94. The maximum absolute atomic E-state index is 12.3. The molecular formula is C20H24N2O3S. The van der Waals surface area contributed by atoms with Crippen LogP contribution in [0.1, 0.15) is 16.7 Å². The normalized spacial score (nSPS) is 11.8. The van der Waals surface area contributed by atoms with Crippen molar-refractivity contribution in [3.05, 3.63) is 76.7 Å². The highest BCUT2D eigenvalue weighted by atomic mass is 32.2. The Morgan fingerprint density at radius 3 is 2.23 bits per heavy atom. The zero-order valence-electron chi connectivity index (χ0n) is 15.3. The van der Waals surface area contributed by atoms with Crippen molar-refractivity contribution >= 4 is 22.0 Å². The van der Waals surface area contributed by atoms with Gasteiger partial charge in [0.05, 0.1) is 6.54 Å². The summed E-state index contributed by atoms with van der Waals surface area (Å²) < 4.78 is 25.7. The molecule has 0 N–H and O–H groups in total. The van der Waals surface area contributed by atoms with E-state index in [4.69, 9.17) is 0 Å². The number of nitrogens with zero attached hydrogens (tertiary/aromatic N) is 2. The van der Waals surface area contributed by atoms with Gasteiger partial charge in [0.25, 0.3) is 0 Å². The minimum absolute atomic E-state index is 0.205. The highest BCUT2D eigenvalue weighted by Crippen LogP contribution is 2.09. The van der Waals surface area contributed by atoms with E-state index in [1.54, 1.807) is 7.05 Å². The monoisotopic (exact) mass is 372 g/mol. The van der Waals surface area contributed by atoms with Gasteiger partial charge in [-0.2, -0.15) is 4.31 Å². The Morgan fingerprint density at radius 1 is 1.00 bits per heavy atom. The Balaban J connectivity index is 1.96. The van der Waals surface area contributed by atoms with Gasteiger partial charge in [0.1, 0.15) is 0 Å². The Kier molecular flexibility index (Phi) is 6.71. The average molecular weight is 372 g/mol. The Morgan fingerprint density at radius 2 is 1.62 bits per heavy atom. The second kappa shape index (κ2) is 8.78. The Hall–Kier alpha value is -2.44. The van der Waals surface area contributed by atoms with Crippen LogP contribution in [-0.4, -0.2) is 44.2 Å². The van der Waals surface area contributed by atoms with Gasteiger partial charge in [0.15, 0.2) is 0 Å². The van der Waals surface area contributed by atoms with Crippen LogP contribution in [0, 0.1) is 6.92 Å². The van der Waals surface area contributed by atoms with E-state index in [9.17, 15) is 13.2 Å². The fourth-order valence-corrected chi connectivity index (χ4v) is 3.12. The summed E-state index contributed by atoms with van der Waals surface area (Å²) >= 11 is 0. The first-order chi connectivity index (χ1) is 12.3. The number of benzene rings is 2. The second-order valence-electron chi connectivity index (χ2n) is 6.25. The number of carbonyl (C=O) groups excluding carboxylic acids is 1. The molecule has 0 aromatic heterocycles. The molecule has 26 heavy (non-hydrogen) atoms. The summed E-state index contributed by atoms with van der Waals surface area (Å²) in [7, 11) is -0.586. The third-order valence-electron chi connectivity index (χ3n) is 3.99. The van der Waals surface area contributed by atoms with E-state index in [2.05, 4.69) is 0 Å². The fourth-order valence-electron chi connectivity index (χ4n) is 2.29. The van der Waals surface area contributed by atoms with Crippen LogP contribution in [0.4, 0.5) is 0 Å². The molecule has 6 heteroatoms. The van der Waals surface area contributed by atoms with Crippen LogP contribution in [0.3, 0.4) is 0 Å². The average Bonchev–Trinajstić information content (AvgIpc) is 2.62. The number of carbonyl (C=O) groups is 1. The van der Waals surface area contributed by atoms with Crippen molar-refractivity contribution < 1.29 is 13.2 Å². The lowest BCUT2D eigenvalue weighted by Gasteiger charge is -2.21. The van der Waals surface area contributed by atoms with E-state index >= 15 is 0 Å². The molecule has 0 saturated heterocycles. The molecule has 2 aromatic rings. The zero-order chi connectivity index (χ0) is 19.2. The smallest absolute Gasteiger partial charge is 0.237 e. The molecule has 0 aliphatic carbocycles. The SMILES string of the molecule is Cc1ccc(CN(C)C(=O)CN(C)S(=O)(=O)C=Cc2ccccc2)cc1. The number of aryl methyl sites for hydroxylation is 1. The van der Waals surface area contributed by atoms with Crippen molar-refractivity contribution in [1.29, 1.82) is 0 Å². The van der Waals surface area contributed by atoms with E-state index in [1.807, 2.05) is 61.5 Å². The number of rotatable bonds is 7. The second-order valence-corrected chi connectivity index (χ2v) is 8.18. The van der Waals surface area contributed by atoms with E-state index < -0.39 is 10.0 Å². The maximum Gasteiger partial charge on any atom is 0.237 e. The summed E-state index contributed by atoms with van der Waals surface area (Å²) in [6, 6.07) is 17.0. The molecule has 0 fully saturated rings. The largest absolute Gasteiger partial charge is 0.340 e. The molecule has 0 aliphatic rings. The van der Waals surface area contributed by atoms with Crippen molar-refractivity contribution in [3.63, 3.8) is 0 Å². The predicted octanol–water partition coefficient (Wildman–Crippen LogP) is 2.89. The maximum atomic E-state index is 12.3. The molecular weight excluding hydrogens is 348 g/mol. The van der Waals surface area contributed by atoms with Crippen LogP contribution in [0.25, 0.3) is 6.08 Å². The highest BCUT2D eigenvalue weighted by Gasteiger charge is 2.20. The van der Waals surface area contributed by atoms with Gasteiger partial charge < -0.3 is 4.90 Å². The summed E-state index contributed by atoms with van der Waals surface area (Å²) in [6.07, 6.45) is 1.52. The number of sulfonamides is 1. The first kappa shape index (κ1) is 19.9. The van der Waals surface area contributed by atoms with Gasteiger partial charge in [-0.1, -0.05) is 60.2 Å². The standard InChI is InChI=1S/C20H24N2O3S/c1-17-9-11-19(12-10-17)15-21(2)20(23)16-22(3)26(24,25)14-13-18-7-5-4-6-8-18/h4-14H,15-16H2,1-3H3. The number of likely N-dealkylation sites (N-methyl/N-ethyl adjacent to an activating group) is 2. The quantitative estimate of drug-likeness (QED) is 0.751. The van der Waals surface area contributed by atoms with Crippen molar-refractivity contribution in [1.82, 2.24) is 9.21 Å². The van der Waals surface area contributed by atoms with Crippen molar-refractivity contribution in [2.75, 3.05) is 20.6 Å². The van der Waals surface area contributed by atoms with Crippen LogP contribution in [0.2, 0.25) is 0 Å². The van der Waals surface area contributed by atoms with Crippen LogP contribution < -0.4 is 0 Å². The molecule has 2 rings (SSSR count). The molecule has 5 nitrogen and oxygen atoms in total. The lowest BCUT2D eigenvalue weighted by atomic mass is 10.1. The van der Waals surface area contributed by atoms with E-state index in [0.717, 1.165) is 26.4 Å². The summed E-state index contributed by atoms with van der Waals surface area (Å²) in [4.78, 5) is 13.9. The first-order valence-corrected chi connectivity index (χ1v) is 9.77. The third-order valence-corrected chi connectivity index (χ3v) is 5.47. The molecule has 138 valence electrons. The van der Waals surface area contributed by atoms with Crippen LogP contribution in [0.15, 0.2) is 60.0 Å². The molecule has 0 spiro atoms. The van der Waals surface area contributed by atoms with Gasteiger partial charge in [-0.25, -0.2) is 8.42 Å². The number of amides is 1. The molecule has 0 aliphatic heterocycles. The predicted molar refractivity (Wildman–Crippen MR) is 105 cm³/mol. The van der Waals surface area contributed by atoms with Crippen molar-refractivity contribution in [2.45, 2.75) is 13.5 Å². The lowest BCUT2D eigenvalue weighted by Crippen LogP contribution is -2.38. The zero-order valence-corrected chi connectivity index (χ0v) is 16.1. The minimum atomic E-state index is -3.66. The molecule has 0 saturated carbocycles. The van der Waals surface area contributed by atoms with Crippen molar-refractivity contribution in [3.8, 4) is 0 Å². The van der Waals surface area contributed by atoms with Gasteiger partial charge in [0, 0.05) is 26.0 Å². The Bertz CT molecular complexity index is 860.